The van der Waals surface area contributed by atoms with Crippen LogP contribution in [0.3, 0.4) is 0 Å². The van der Waals surface area contributed by atoms with Crippen molar-refractivity contribution in [3.8, 4) is 5.69 Å². The van der Waals surface area contributed by atoms with Gasteiger partial charge in [0.2, 0.25) is 0 Å². The molecule has 2 N–H and O–H groups in total. The number of nitrogens with two attached hydrogens (primary N) is 1. The predicted molar refractivity (Wildman–Crippen MR) is 60.9 cm³/mol. The van der Waals surface area contributed by atoms with Gasteiger partial charge in [0.15, 0.2) is 0 Å². The Morgan fingerprint density at radius 3 is 2.53 bits per heavy atom. The molecule has 15 heavy (non-hydrogen) atoms. The lowest BCUT2D eigenvalue weighted by atomic mass is 10.2. The van der Waals surface area contributed by atoms with E-state index < -0.39 is 0 Å². The predicted octanol–water partition coefficient (Wildman–Crippen LogP) is 2.20. The molecule has 0 bridgehead atoms. The molecule has 0 aliphatic rings. The highest BCUT2D eigenvalue weighted by Crippen LogP contribution is 2.16. The van der Waals surface area contributed by atoms with Gasteiger partial charge in [-0.15, -0.1) is 0 Å². The van der Waals surface area contributed by atoms with E-state index in [1.807, 2.05) is 54.9 Å². The smallest absolute Gasteiger partial charge is 0.0649 e. The molecule has 0 fully saturated rings. The summed E-state index contributed by atoms with van der Waals surface area (Å²) < 4.78 is 1.90. The van der Waals surface area contributed by atoms with E-state index in [-0.39, 0.29) is 6.04 Å². The number of hydrogen-bond acceptors (Lipinski definition) is 2. The monoisotopic (exact) mass is 201 g/mol. The van der Waals surface area contributed by atoms with Crippen LogP contribution in [-0.2, 0) is 0 Å². The quantitative estimate of drug-likeness (QED) is 0.809. The molecule has 0 radical (unpaired) electrons. The minimum Gasteiger partial charge on any atom is -0.323 e. The van der Waals surface area contributed by atoms with Crippen LogP contribution < -0.4 is 5.73 Å². The Kier molecular flexibility index (Phi) is 2.56. The molecule has 3 heteroatoms. The zero-order chi connectivity index (χ0) is 10.8. The molecule has 1 aromatic heterocycles. The van der Waals surface area contributed by atoms with Gasteiger partial charge in [0.1, 0.15) is 0 Å². The van der Waals surface area contributed by atoms with E-state index in [0.29, 0.717) is 0 Å². The minimum absolute atomic E-state index is 0.00796. The summed E-state index contributed by atoms with van der Waals surface area (Å²) in [6.07, 6.45) is 0. The van der Waals surface area contributed by atoms with Crippen LogP contribution in [0.5, 0.6) is 0 Å². The third-order valence-electron chi connectivity index (χ3n) is 2.33. The van der Waals surface area contributed by atoms with Crippen LogP contribution in [0.4, 0.5) is 0 Å². The van der Waals surface area contributed by atoms with Crippen molar-refractivity contribution in [3.05, 3.63) is 47.8 Å². The summed E-state index contributed by atoms with van der Waals surface area (Å²) in [6, 6.07) is 12.1. The fourth-order valence-corrected chi connectivity index (χ4v) is 1.62. The average molecular weight is 201 g/mol. The maximum atomic E-state index is 5.90. The van der Waals surface area contributed by atoms with Gasteiger partial charge < -0.3 is 5.73 Å². The molecule has 2 rings (SSSR count). The number of aryl methyl sites for hydroxylation is 1. The van der Waals surface area contributed by atoms with Gasteiger partial charge in [-0.2, -0.15) is 5.10 Å². The second-order valence-electron chi connectivity index (χ2n) is 3.75. The van der Waals surface area contributed by atoms with Gasteiger partial charge in [-0.3, -0.25) is 0 Å². The van der Waals surface area contributed by atoms with Crippen molar-refractivity contribution in [1.29, 1.82) is 0 Å². The number of hydrogen-bond donors (Lipinski definition) is 1. The Labute approximate surface area is 89.5 Å². The van der Waals surface area contributed by atoms with Crippen molar-refractivity contribution in [1.82, 2.24) is 9.78 Å². The van der Waals surface area contributed by atoms with E-state index in [0.717, 1.165) is 17.1 Å². The molecule has 0 saturated carbocycles. The third-order valence-corrected chi connectivity index (χ3v) is 2.33. The van der Waals surface area contributed by atoms with Crippen LogP contribution >= 0.6 is 0 Å². The fourth-order valence-electron chi connectivity index (χ4n) is 1.62. The third kappa shape index (κ3) is 1.92. The molecule has 2 aromatic rings. The van der Waals surface area contributed by atoms with Crippen LogP contribution in [0, 0.1) is 6.92 Å². The molecular formula is C12H15N3. The summed E-state index contributed by atoms with van der Waals surface area (Å²) in [6.45, 7) is 3.95. The van der Waals surface area contributed by atoms with Gasteiger partial charge >= 0.3 is 0 Å². The van der Waals surface area contributed by atoms with Crippen LogP contribution in [0.2, 0.25) is 0 Å². The Hall–Kier alpha value is -1.61. The van der Waals surface area contributed by atoms with Crippen molar-refractivity contribution in [2.75, 3.05) is 0 Å². The normalized spacial score (nSPS) is 12.7. The van der Waals surface area contributed by atoms with Gasteiger partial charge in [0.25, 0.3) is 0 Å². The highest BCUT2D eigenvalue weighted by Gasteiger charge is 2.10. The number of aromatic nitrogens is 2. The SMILES string of the molecule is Cc1cc(C(C)N)n(-c2ccccc2)n1. The Morgan fingerprint density at radius 2 is 1.93 bits per heavy atom. The maximum absolute atomic E-state index is 5.90. The van der Waals surface area contributed by atoms with Gasteiger partial charge in [-0.05, 0) is 32.0 Å². The van der Waals surface area contributed by atoms with Crippen LogP contribution in [0.25, 0.3) is 5.69 Å². The molecule has 78 valence electrons. The first kappa shape index (κ1) is 9.93. The lowest BCUT2D eigenvalue weighted by Crippen LogP contribution is -2.11. The summed E-state index contributed by atoms with van der Waals surface area (Å²) in [5.74, 6) is 0. The fraction of sp³-hybridized carbons (Fsp3) is 0.250. The molecule has 1 heterocycles. The highest BCUT2D eigenvalue weighted by atomic mass is 15.3. The van der Waals surface area contributed by atoms with Crippen molar-refractivity contribution >= 4 is 0 Å². The van der Waals surface area contributed by atoms with Gasteiger partial charge in [-0.25, -0.2) is 4.68 Å². The number of nitrogens with zero attached hydrogens (tertiary/aromatic N) is 2. The zero-order valence-electron chi connectivity index (χ0n) is 9.01. The number of benzene rings is 1. The first-order chi connectivity index (χ1) is 7.18. The van der Waals surface area contributed by atoms with Crippen LogP contribution in [0.1, 0.15) is 24.4 Å². The molecule has 0 saturated heterocycles. The molecule has 1 atom stereocenters. The minimum atomic E-state index is -0.00796. The van der Waals surface area contributed by atoms with Crippen molar-refractivity contribution in [2.24, 2.45) is 5.73 Å². The van der Waals surface area contributed by atoms with Crippen molar-refractivity contribution in [3.63, 3.8) is 0 Å². The molecule has 3 nitrogen and oxygen atoms in total. The van der Waals surface area contributed by atoms with Crippen molar-refractivity contribution in [2.45, 2.75) is 19.9 Å². The second-order valence-corrected chi connectivity index (χ2v) is 3.75. The lowest BCUT2D eigenvalue weighted by molar-refractivity contribution is 0.708. The van der Waals surface area contributed by atoms with Gasteiger partial charge in [0.05, 0.1) is 17.1 Å². The van der Waals surface area contributed by atoms with Gasteiger partial charge in [0, 0.05) is 6.04 Å². The Balaban J connectivity index is 2.53. The largest absolute Gasteiger partial charge is 0.323 e. The molecule has 0 aliphatic carbocycles. The summed E-state index contributed by atoms with van der Waals surface area (Å²) in [5, 5.41) is 4.44. The molecule has 0 spiro atoms. The molecule has 1 aromatic carbocycles. The standard InChI is InChI=1S/C12H15N3/c1-9-8-12(10(2)13)15(14-9)11-6-4-3-5-7-11/h3-8,10H,13H2,1-2H3. The van der Waals surface area contributed by atoms with Gasteiger partial charge in [-0.1, -0.05) is 18.2 Å². The van der Waals surface area contributed by atoms with E-state index in [2.05, 4.69) is 5.10 Å². The van der Waals surface area contributed by atoms with E-state index in [1.54, 1.807) is 0 Å². The lowest BCUT2D eigenvalue weighted by Gasteiger charge is -2.09. The van der Waals surface area contributed by atoms with Crippen LogP contribution in [0.15, 0.2) is 36.4 Å². The topological polar surface area (TPSA) is 43.8 Å². The summed E-state index contributed by atoms with van der Waals surface area (Å²) in [4.78, 5) is 0. The van der Waals surface area contributed by atoms with E-state index in [4.69, 9.17) is 5.73 Å². The highest BCUT2D eigenvalue weighted by molar-refractivity contribution is 5.34. The first-order valence-electron chi connectivity index (χ1n) is 5.06. The molecule has 1 unspecified atom stereocenters. The summed E-state index contributed by atoms with van der Waals surface area (Å²) in [7, 11) is 0. The number of para-hydroxylation sites is 1. The summed E-state index contributed by atoms with van der Waals surface area (Å²) in [5.41, 5.74) is 8.99. The second kappa shape index (κ2) is 3.87. The zero-order valence-corrected chi connectivity index (χ0v) is 9.01. The average Bonchev–Trinajstić information content (AvgIpc) is 2.62. The maximum Gasteiger partial charge on any atom is 0.0649 e. The Bertz CT molecular complexity index is 443. The molecule has 0 amide bonds. The molecule has 0 aliphatic heterocycles. The van der Waals surface area contributed by atoms with Crippen molar-refractivity contribution < 1.29 is 0 Å². The van der Waals surface area contributed by atoms with E-state index >= 15 is 0 Å². The first-order valence-corrected chi connectivity index (χ1v) is 5.06. The Morgan fingerprint density at radius 1 is 1.27 bits per heavy atom. The number of rotatable bonds is 2. The summed E-state index contributed by atoms with van der Waals surface area (Å²) >= 11 is 0. The van der Waals surface area contributed by atoms with E-state index in [9.17, 15) is 0 Å². The van der Waals surface area contributed by atoms with Crippen LogP contribution in [-0.4, -0.2) is 9.78 Å². The molecular weight excluding hydrogens is 186 g/mol. The van der Waals surface area contributed by atoms with E-state index in [1.165, 1.54) is 0 Å².